The summed E-state index contributed by atoms with van der Waals surface area (Å²) in [5, 5.41) is 2.84. The van der Waals surface area contributed by atoms with Crippen LogP contribution in [0, 0.1) is 13.8 Å². The van der Waals surface area contributed by atoms with Crippen LogP contribution in [0.2, 0.25) is 0 Å². The SMILES string of the molecule is Cc1cc(C)c(CNC(=O)c2ccc(C3CCOCC3)cc2)c(=O)[nH]1. The van der Waals surface area contributed by atoms with Crippen LogP contribution in [0.25, 0.3) is 0 Å². The summed E-state index contributed by atoms with van der Waals surface area (Å²) in [6.07, 6.45) is 2.06. The highest BCUT2D eigenvalue weighted by atomic mass is 16.5. The Balaban J connectivity index is 1.64. The van der Waals surface area contributed by atoms with Crippen molar-refractivity contribution in [3.05, 3.63) is 68.6 Å². The number of ether oxygens (including phenoxy) is 1. The van der Waals surface area contributed by atoms with Gasteiger partial charge >= 0.3 is 0 Å². The van der Waals surface area contributed by atoms with Crippen molar-refractivity contribution in [1.29, 1.82) is 0 Å². The first kappa shape index (κ1) is 17.4. The van der Waals surface area contributed by atoms with E-state index in [0.29, 0.717) is 17.0 Å². The van der Waals surface area contributed by atoms with Gasteiger partial charge in [0.2, 0.25) is 0 Å². The summed E-state index contributed by atoms with van der Waals surface area (Å²) in [6, 6.07) is 9.66. The van der Waals surface area contributed by atoms with Gasteiger partial charge in [0.25, 0.3) is 11.5 Å². The molecular weight excluding hydrogens is 316 g/mol. The lowest BCUT2D eigenvalue weighted by molar-refractivity contribution is 0.0853. The average molecular weight is 340 g/mol. The van der Waals surface area contributed by atoms with Gasteiger partial charge in [0.15, 0.2) is 0 Å². The van der Waals surface area contributed by atoms with E-state index in [4.69, 9.17) is 4.74 Å². The van der Waals surface area contributed by atoms with Gasteiger partial charge in [0, 0.05) is 36.6 Å². The first-order chi connectivity index (χ1) is 12.0. The third-order valence-corrected chi connectivity index (χ3v) is 4.79. The van der Waals surface area contributed by atoms with Gasteiger partial charge in [0.1, 0.15) is 0 Å². The fourth-order valence-corrected chi connectivity index (χ4v) is 3.31. The molecule has 5 heteroatoms. The number of H-pyrrole nitrogens is 1. The predicted molar refractivity (Wildman–Crippen MR) is 96.9 cm³/mol. The molecule has 1 aliphatic heterocycles. The Labute approximate surface area is 147 Å². The van der Waals surface area contributed by atoms with Crippen LogP contribution >= 0.6 is 0 Å². The number of aryl methyl sites for hydroxylation is 2. The molecule has 2 heterocycles. The van der Waals surface area contributed by atoms with Crippen LogP contribution in [-0.2, 0) is 11.3 Å². The summed E-state index contributed by atoms with van der Waals surface area (Å²) in [7, 11) is 0. The van der Waals surface area contributed by atoms with Crippen LogP contribution in [0.3, 0.4) is 0 Å². The number of aromatic amines is 1. The molecule has 2 N–H and O–H groups in total. The minimum absolute atomic E-state index is 0.146. The largest absolute Gasteiger partial charge is 0.381 e. The Morgan fingerprint density at radius 3 is 2.52 bits per heavy atom. The van der Waals surface area contributed by atoms with E-state index < -0.39 is 0 Å². The van der Waals surface area contributed by atoms with E-state index in [9.17, 15) is 9.59 Å². The third-order valence-electron chi connectivity index (χ3n) is 4.79. The van der Waals surface area contributed by atoms with E-state index in [0.717, 1.165) is 37.3 Å². The highest BCUT2D eigenvalue weighted by Gasteiger charge is 2.16. The summed E-state index contributed by atoms with van der Waals surface area (Å²) in [5.74, 6) is 0.345. The van der Waals surface area contributed by atoms with E-state index in [1.807, 2.05) is 44.2 Å². The van der Waals surface area contributed by atoms with Crippen LogP contribution in [0.1, 0.15) is 51.5 Å². The molecule has 1 amide bonds. The molecule has 1 fully saturated rings. The van der Waals surface area contributed by atoms with E-state index >= 15 is 0 Å². The van der Waals surface area contributed by atoms with Crippen molar-refractivity contribution < 1.29 is 9.53 Å². The van der Waals surface area contributed by atoms with Crippen molar-refractivity contribution in [1.82, 2.24) is 10.3 Å². The van der Waals surface area contributed by atoms with Crippen LogP contribution in [0.4, 0.5) is 0 Å². The van der Waals surface area contributed by atoms with Gasteiger partial charge in [-0.2, -0.15) is 0 Å². The van der Waals surface area contributed by atoms with Crippen molar-refractivity contribution in [2.45, 2.75) is 39.2 Å². The maximum absolute atomic E-state index is 12.4. The number of aromatic nitrogens is 1. The van der Waals surface area contributed by atoms with Gasteiger partial charge < -0.3 is 15.0 Å². The molecule has 3 rings (SSSR count). The van der Waals surface area contributed by atoms with Crippen molar-refractivity contribution in [3.8, 4) is 0 Å². The highest BCUT2D eigenvalue weighted by molar-refractivity contribution is 5.94. The van der Waals surface area contributed by atoms with Gasteiger partial charge in [-0.15, -0.1) is 0 Å². The van der Waals surface area contributed by atoms with E-state index in [-0.39, 0.29) is 18.0 Å². The zero-order valence-electron chi connectivity index (χ0n) is 14.7. The predicted octanol–water partition coefficient (Wildman–Crippen LogP) is 2.82. The Morgan fingerprint density at radius 2 is 1.88 bits per heavy atom. The Morgan fingerprint density at radius 1 is 1.20 bits per heavy atom. The molecule has 1 saturated heterocycles. The molecule has 2 aromatic rings. The molecule has 0 unspecified atom stereocenters. The average Bonchev–Trinajstić information content (AvgIpc) is 2.61. The van der Waals surface area contributed by atoms with Gasteiger partial charge in [0.05, 0.1) is 0 Å². The summed E-state index contributed by atoms with van der Waals surface area (Å²) >= 11 is 0. The number of hydrogen-bond acceptors (Lipinski definition) is 3. The lowest BCUT2D eigenvalue weighted by Gasteiger charge is -2.22. The zero-order valence-corrected chi connectivity index (χ0v) is 14.7. The second kappa shape index (κ2) is 7.66. The van der Waals surface area contributed by atoms with Crippen molar-refractivity contribution in [2.24, 2.45) is 0 Å². The summed E-state index contributed by atoms with van der Waals surface area (Å²) in [5.41, 5.74) is 4.02. The fourth-order valence-electron chi connectivity index (χ4n) is 3.31. The molecule has 132 valence electrons. The van der Waals surface area contributed by atoms with Crippen LogP contribution in [0.15, 0.2) is 35.1 Å². The number of nitrogens with one attached hydrogen (secondary N) is 2. The smallest absolute Gasteiger partial charge is 0.253 e. The molecule has 5 nitrogen and oxygen atoms in total. The zero-order chi connectivity index (χ0) is 17.8. The number of rotatable bonds is 4. The highest BCUT2D eigenvalue weighted by Crippen LogP contribution is 2.26. The van der Waals surface area contributed by atoms with Crippen LogP contribution in [-0.4, -0.2) is 24.1 Å². The molecule has 1 aromatic carbocycles. The molecular formula is C20H24N2O3. The number of carbonyl (C=O) groups is 1. The topological polar surface area (TPSA) is 71.2 Å². The molecule has 0 spiro atoms. The van der Waals surface area contributed by atoms with Gasteiger partial charge in [-0.1, -0.05) is 12.1 Å². The van der Waals surface area contributed by atoms with Gasteiger partial charge in [-0.25, -0.2) is 0 Å². The number of amides is 1. The number of carbonyl (C=O) groups excluding carboxylic acids is 1. The molecule has 0 aliphatic carbocycles. The molecule has 1 aromatic heterocycles. The quantitative estimate of drug-likeness (QED) is 0.899. The second-order valence-corrected chi connectivity index (χ2v) is 6.63. The minimum atomic E-state index is -0.169. The number of hydrogen-bond donors (Lipinski definition) is 2. The molecule has 0 radical (unpaired) electrons. The van der Waals surface area contributed by atoms with E-state index in [1.54, 1.807) is 0 Å². The van der Waals surface area contributed by atoms with Crippen molar-refractivity contribution >= 4 is 5.91 Å². The van der Waals surface area contributed by atoms with Crippen molar-refractivity contribution in [3.63, 3.8) is 0 Å². The Hall–Kier alpha value is -2.40. The minimum Gasteiger partial charge on any atom is -0.381 e. The van der Waals surface area contributed by atoms with E-state index in [1.165, 1.54) is 5.56 Å². The van der Waals surface area contributed by atoms with Gasteiger partial charge in [-0.3, -0.25) is 9.59 Å². The molecule has 0 atom stereocenters. The van der Waals surface area contributed by atoms with Crippen LogP contribution < -0.4 is 10.9 Å². The van der Waals surface area contributed by atoms with E-state index in [2.05, 4.69) is 10.3 Å². The molecule has 25 heavy (non-hydrogen) atoms. The molecule has 1 aliphatic rings. The number of benzene rings is 1. The standard InChI is InChI=1S/C20H24N2O3/c1-13-11-14(2)22-20(24)18(13)12-21-19(23)17-5-3-15(4-6-17)16-7-9-25-10-8-16/h3-6,11,16H,7-10,12H2,1-2H3,(H,21,23)(H,22,24). The fraction of sp³-hybridized carbons (Fsp3) is 0.400. The maximum atomic E-state index is 12.4. The summed E-state index contributed by atoms with van der Waals surface area (Å²) < 4.78 is 5.39. The Kier molecular flexibility index (Phi) is 5.34. The summed E-state index contributed by atoms with van der Waals surface area (Å²) in [6.45, 7) is 5.56. The van der Waals surface area contributed by atoms with Gasteiger partial charge in [-0.05, 0) is 61.9 Å². The monoisotopic (exact) mass is 340 g/mol. The molecule has 0 saturated carbocycles. The normalized spacial score (nSPS) is 15.1. The Bertz CT molecular complexity index is 803. The molecule has 0 bridgehead atoms. The third kappa shape index (κ3) is 4.17. The lowest BCUT2D eigenvalue weighted by atomic mass is 9.91. The number of pyridine rings is 1. The lowest BCUT2D eigenvalue weighted by Crippen LogP contribution is -2.28. The first-order valence-corrected chi connectivity index (χ1v) is 8.70. The van der Waals surface area contributed by atoms with Crippen LogP contribution in [0.5, 0.6) is 0 Å². The van der Waals surface area contributed by atoms with Crippen molar-refractivity contribution in [2.75, 3.05) is 13.2 Å². The maximum Gasteiger partial charge on any atom is 0.253 e. The summed E-state index contributed by atoms with van der Waals surface area (Å²) in [4.78, 5) is 27.1. The second-order valence-electron chi connectivity index (χ2n) is 6.63. The first-order valence-electron chi connectivity index (χ1n) is 8.70.